The van der Waals surface area contributed by atoms with Crippen LogP contribution in [0, 0.1) is 5.92 Å². The van der Waals surface area contributed by atoms with Gasteiger partial charge < -0.3 is 10.6 Å². The Hall–Kier alpha value is -1.77. The van der Waals surface area contributed by atoms with Gasteiger partial charge in [0, 0.05) is 36.0 Å². The SMILES string of the molecule is CCC(C)CN(CC)c1ccnc2cc(N)ccc12. The zero-order valence-corrected chi connectivity index (χ0v) is 12.1. The fraction of sp³-hybridized carbons (Fsp3) is 0.438. The molecule has 1 aromatic heterocycles. The van der Waals surface area contributed by atoms with Gasteiger partial charge in [-0.05, 0) is 37.1 Å². The number of hydrogen-bond donors (Lipinski definition) is 1. The van der Waals surface area contributed by atoms with E-state index in [-0.39, 0.29) is 0 Å². The van der Waals surface area contributed by atoms with Crippen LogP contribution in [-0.4, -0.2) is 18.1 Å². The topological polar surface area (TPSA) is 42.2 Å². The lowest BCUT2D eigenvalue weighted by molar-refractivity contribution is 0.548. The first-order chi connectivity index (χ1) is 9.15. The quantitative estimate of drug-likeness (QED) is 0.831. The number of aromatic nitrogens is 1. The Bertz CT molecular complexity index is 551. The second-order valence-corrected chi connectivity index (χ2v) is 5.16. The number of fused-ring (bicyclic) bond motifs is 1. The molecule has 2 aromatic rings. The number of nitrogens with zero attached hydrogens (tertiary/aromatic N) is 2. The van der Waals surface area contributed by atoms with Gasteiger partial charge in [0.15, 0.2) is 0 Å². The Morgan fingerprint density at radius 3 is 2.74 bits per heavy atom. The maximum Gasteiger partial charge on any atom is 0.0743 e. The van der Waals surface area contributed by atoms with Crippen molar-refractivity contribution in [3.05, 3.63) is 30.5 Å². The Kier molecular flexibility index (Phi) is 4.25. The summed E-state index contributed by atoms with van der Waals surface area (Å²) < 4.78 is 0. The van der Waals surface area contributed by atoms with E-state index in [1.165, 1.54) is 17.5 Å². The maximum atomic E-state index is 5.83. The van der Waals surface area contributed by atoms with Crippen molar-refractivity contribution >= 4 is 22.3 Å². The van der Waals surface area contributed by atoms with Gasteiger partial charge in [-0.3, -0.25) is 4.98 Å². The van der Waals surface area contributed by atoms with E-state index < -0.39 is 0 Å². The van der Waals surface area contributed by atoms with Gasteiger partial charge in [-0.15, -0.1) is 0 Å². The van der Waals surface area contributed by atoms with Crippen LogP contribution >= 0.6 is 0 Å². The van der Waals surface area contributed by atoms with E-state index in [1.807, 2.05) is 18.3 Å². The standard InChI is InChI=1S/C16H23N3/c1-4-12(3)11-19(5-2)16-8-9-18-15-10-13(17)6-7-14(15)16/h6-10,12H,4-5,11,17H2,1-3H3. The molecule has 0 spiro atoms. The Morgan fingerprint density at radius 1 is 1.26 bits per heavy atom. The van der Waals surface area contributed by atoms with Crippen LogP contribution in [0.2, 0.25) is 0 Å². The van der Waals surface area contributed by atoms with Gasteiger partial charge in [0.1, 0.15) is 0 Å². The molecule has 0 aliphatic heterocycles. The lowest BCUT2D eigenvalue weighted by Crippen LogP contribution is -2.28. The molecule has 0 radical (unpaired) electrons. The number of pyridine rings is 1. The highest BCUT2D eigenvalue weighted by atomic mass is 15.1. The Labute approximate surface area is 115 Å². The molecule has 1 aromatic carbocycles. The molecule has 0 fully saturated rings. The van der Waals surface area contributed by atoms with Gasteiger partial charge in [0.25, 0.3) is 0 Å². The fourth-order valence-electron chi connectivity index (χ4n) is 2.33. The molecular formula is C16H23N3. The number of benzene rings is 1. The summed E-state index contributed by atoms with van der Waals surface area (Å²) in [5, 5.41) is 1.18. The first-order valence-corrected chi connectivity index (χ1v) is 7.04. The summed E-state index contributed by atoms with van der Waals surface area (Å²) in [6, 6.07) is 8.07. The Balaban J connectivity index is 2.42. The Morgan fingerprint density at radius 2 is 2.05 bits per heavy atom. The molecule has 2 rings (SSSR count). The van der Waals surface area contributed by atoms with E-state index in [2.05, 4.69) is 42.8 Å². The van der Waals surface area contributed by atoms with Crippen molar-refractivity contribution in [2.24, 2.45) is 5.92 Å². The predicted octanol–water partition coefficient (Wildman–Crippen LogP) is 3.69. The average Bonchev–Trinajstić information content (AvgIpc) is 2.43. The van der Waals surface area contributed by atoms with E-state index in [1.54, 1.807) is 0 Å². The number of hydrogen-bond acceptors (Lipinski definition) is 3. The highest BCUT2D eigenvalue weighted by Crippen LogP contribution is 2.27. The van der Waals surface area contributed by atoms with Gasteiger partial charge in [-0.1, -0.05) is 20.3 Å². The molecule has 1 heterocycles. The fourth-order valence-corrected chi connectivity index (χ4v) is 2.33. The summed E-state index contributed by atoms with van der Waals surface area (Å²) >= 11 is 0. The average molecular weight is 257 g/mol. The second kappa shape index (κ2) is 5.91. The molecule has 1 atom stereocenters. The molecule has 3 heteroatoms. The first-order valence-electron chi connectivity index (χ1n) is 7.04. The minimum atomic E-state index is 0.692. The molecular weight excluding hydrogens is 234 g/mol. The smallest absolute Gasteiger partial charge is 0.0743 e. The zero-order valence-electron chi connectivity index (χ0n) is 12.1. The molecule has 0 bridgehead atoms. The number of nitrogens with two attached hydrogens (primary N) is 1. The highest BCUT2D eigenvalue weighted by Gasteiger charge is 2.11. The van der Waals surface area contributed by atoms with E-state index in [0.29, 0.717) is 5.92 Å². The molecule has 0 amide bonds. The van der Waals surface area contributed by atoms with E-state index in [9.17, 15) is 0 Å². The third-order valence-electron chi connectivity index (χ3n) is 3.70. The van der Waals surface area contributed by atoms with Gasteiger partial charge in [-0.2, -0.15) is 0 Å². The first kappa shape index (κ1) is 13.7. The van der Waals surface area contributed by atoms with Crippen molar-refractivity contribution in [3.63, 3.8) is 0 Å². The minimum absolute atomic E-state index is 0.692. The largest absolute Gasteiger partial charge is 0.399 e. The van der Waals surface area contributed by atoms with Crippen LogP contribution in [-0.2, 0) is 0 Å². The van der Waals surface area contributed by atoms with Crippen LogP contribution in [0.1, 0.15) is 27.2 Å². The molecule has 0 aliphatic rings. The normalized spacial score (nSPS) is 12.6. The van der Waals surface area contributed by atoms with E-state index in [0.717, 1.165) is 24.3 Å². The summed E-state index contributed by atoms with van der Waals surface area (Å²) in [6.07, 6.45) is 3.07. The summed E-state index contributed by atoms with van der Waals surface area (Å²) in [7, 11) is 0. The third-order valence-corrected chi connectivity index (χ3v) is 3.70. The molecule has 2 N–H and O–H groups in total. The van der Waals surface area contributed by atoms with Crippen molar-refractivity contribution in [3.8, 4) is 0 Å². The van der Waals surface area contributed by atoms with Gasteiger partial charge >= 0.3 is 0 Å². The number of anilines is 2. The van der Waals surface area contributed by atoms with Crippen LogP contribution in [0.4, 0.5) is 11.4 Å². The molecule has 3 nitrogen and oxygen atoms in total. The van der Waals surface area contributed by atoms with Gasteiger partial charge in [0.2, 0.25) is 0 Å². The number of nitrogen functional groups attached to an aromatic ring is 1. The van der Waals surface area contributed by atoms with Crippen LogP contribution in [0.25, 0.3) is 10.9 Å². The summed E-state index contributed by atoms with van der Waals surface area (Å²) in [4.78, 5) is 6.84. The molecule has 0 aliphatic carbocycles. The monoisotopic (exact) mass is 257 g/mol. The summed E-state index contributed by atoms with van der Waals surface area (Å²) in [6.45, 7) is 8.82. The highest BCUT2D eigenvalue weighted by molar-refractivity contribution is 5.93. The molecule has 1 unspecified atom stereocenters. The third kappa shape index (κ3) is 2.98. The maximum absolute atomic E-state index is 5.83. The minimum Gasteiger partial charge on any atom is -0.399 e. The van der Waals surface area contributed by atoms with Crippen LogP contribution < -0.4 is 10.6 Å². The van der Waals surface area contributed by atoms with Crippen molar-refractivity contribution in [1.82, 2.24) is 4.98 Å². The molecule has 0 saturated heterocycles. The van der Waals surface area contributed by atoms with Gasteiger partial charge in [0.05, 0.1) is 5.52 Å². The van der Waals surface area contributed by atoms with Crippen LogP contribution in [0.5, 0.6) is 0 Å². The number of rotatable bonds is 5. The summed E-state index contributed by atoms with van der Waals surface area (Å²) in [5.41, 5.74) is 8.83. The van der Waals surface area contributed by atoms with E-state index in [4.69, 9.17) is 5.73 Å². The van der Waals surface area contributed by atoms with Crippen LogP contribution in [0.3, 0.4) is 0 Å². The predicted molar refractivity (Wildman–Crippen MR) is 83.5 cm³/mol. The second-order valence-electron chi connectivity index (χ2n) is 5.16. The van der Waals surface area contributed by atoms with Crippen molar-refractivity contribution in [2.75, 3.05) is 23.7 Å². The lowest BCUT2D eigenvalue weighted by Gasteiger charge is -2.27. The van der Waals surface area contributed by atoms with Crippen molar-refractivity contribution in [2.45, 2.75) is 27.2 Å². The van der Waals surface area contributed by atoms with Crippen molar-refractivity contribution < 1.29 is 0 Å². The van der Waals surface area contributed by atoms with Crippen molar-refractivity contribution in [1.29, 1.82) is 0 Å². The summed E-state index contributed by atoms with van der Waals surface area (Å²) in [5.74, 6) is 0.692. The van der Waals surface area contributed by atoms with E-state index >= 15 is 0 Å². The lowest BCUT2D eigenvalue weighted by atomic mass is 10.1. The molecule has 19 heavy (non-hydrogen) atoms. The zero-order chi connectivity index (χ0) is 13.8. The molecule has 0 saturated carbocycles. The van der Waals surface area contributed by atoms with Crippen LogP contribution in [0.15, 0.2) is 30.5 Å². The molecule has 102 valence electrons. The van der Waals surface area contributed by atoms with Gasteiger partial charge in [-0.25, -0.2) is 0 Å².